The lowest BCUT2D eigenvalue weighted by Crippen LogP contribution is -2.13. The van der Waals surface area contributed by atoms with Gasteiger partial charge < -0.3 is 16.0 Å². The van der Waals surface area contributed by atoms with E-state index in [4.69, 9.17) is 0 Å². The van der Waals surface area contributed by atoms with E-state index in [1.807, 2.05) is 18.2 Å². The summed E-state index contributed by atoms with van der Waals surface area (Å²) in [6, 6.07) is 20.6. The van der Waals surface area contributed by atoms with E-state index in [0.29, 0.717) is 40.7 Å². The van der Waals surface area contributed by atoms with Gasteiger partial charge in [0.1, 0.15) is 23.3 Å². The Bertz CT molecular complexity index is 1270. The molecule has 7 nitrogen and oxygen atoms in total. The molecule has 0 aliphatic carbocycles. The number of rotatable bonds is 8. The Morgan fingerprint density at radius 3 is 2.24 bits per heavy atom. The molecule has 34 heavy (non-hydrogen) atoms. The molecule has 4 aromatic rings. The Labute approximate surface area is 199 Å². The van der Waals surface area contributed by atoms with Crippen LogP contribution in [0.25, 0.3) is 0 Å². The van der Waals surface area contributed by atoms with Gasteiger partial charge >= 0.3 is 0 Å². The molecular weight excluding hydrogens is 458 g/mol. The number of nitrogens with one attached hydrogen (secondary N) is 3. The quantitative estimate of drug-likeness (QED) is 0.258. The molecule has 0 radical (unpaired) electrons. The molecule has 0 aliphatic heterocycles. The number of carbonyl (C=O) groups is 1. The van der Waals surface area contributed by atoms with Crippen molar-refractivity contribution in [1.29, 1.82) is 0 Å². The van der Waals surface area contributed by atoms with E-state index in [0.717, 1.165) is 5.69 Å². The lowest BCUT2D eigenvalue weighted by atomic mass is 10.2. The first-order chi connectivity index (χ1) is 16.5. The molecule has 0 bridgehead atoms. The minimum Gasteiger partial charge on any atom is -0.340 e. The van der Waals surface area contributed by atoms with E-state index in [-0.39, 0.29) is 10.5 Å². The van der Waals surface area contributed by atoms with Gasteiger partial charge in [0.05, 0.1) is 5.56 Å². The van der Waals surface area contributed by atoms with Crippen molar-refractivity contribution in [3.05, 3.63) is 90.4 Å². The number of nitrogens with zero attached hydrogens (tertiary/aromatic N) is 3. The number of benzene rings is 2. The molecule has 4 rings (SSSR count). The number of pyridine rings is 1. The SMILES string of the molecule is Cc1nc(Nc2ccc(NC(=O)c3ccccc3SC(F)F)cc2)cc(Nc2ccccn2)n1. The smallest absolute Gasteiger partial charge is 0.288 e. The number of halogens is 2. The number of amides is 1. The average Bonchev–Trinajstić information content (AvgIpc) is 2.80. The van der Waals surface area contributed by atoms with Crippen LogP contribution in [-0.4, -0.2) is 26.6 Å². The number of thioether (sulfide) groups is 1. The van der Waals surface area contributed by atoms with Gasteiger partial charge in [0, 0.05) is 28.5 Å². The summed E-state index contributed by atoms with van der Waals surface area (Å²) in [6.45, 7) is 1.79. The molecule has 10 heteroatoms. The van der Waals surface area contributed by atoms with Gasteiger partial charge in [0.2, 0.25) is 0 Å². The Morgan fingerprint density at radius 2 is 1.53 bits per heavy atom. The summed E-state index contributed by atoms with van der Waals surface area (Å²) in [5, 5.41) is 9.08. The Morgan fingerprint density at radius 1 is 0.853 bits per heavy atom. The highest BCUT2D eigenvalue weighted by molar-refractivity contribution is 7.99. The minimum absolute atomic E-state index is 0.194. The highest BCUT2D eigenvalue weighted by Gasteiger charge is 2.15. The van der Waals surface area contributed by atoms with Crippen LogP contribution >= 0.6 is 11.8 Å². The molecule has 172 valence electrons. The van der Waals surface area contributed by atoms with Gasteiger partial charge in [0.25, 0.3) is 11.7 Å². The second kappa shape index (κ2) is 10.7. The largest absolute Gasteiger partial charge is 0.340 e. The fourth-order valence-electron chi connectivity index (χ4n) is 3.10. The molecule has 0 saturated carbocycles. The fourth-order valence-corrected chi connectivity index (χ4v) is 3.74. The van der Waals surface area contributed by atoms with E-state index in [2.05, 4.69) is 30.9 Å². The fraction of sp³-hybridized carbons (Fsp3) is 0.0833. The van der Waals surface area contributed by atoms with Gasteiger partial charge in [-0.15, -0.1) is 0 Å². The average molecular weight is 479 g/mol. The molecule has 0 fully saturated rings. The summed E-state index contributed by atoms with van der Waals surface area (Å²) >= 11 is 0.345. The van der Waals surface area contributed by atoms with E-state index in [9.17, 15) is 13.6 Å². The van der Waals surface area contributed by atoms with Crippen LogP contribution in [0, 0.1) is 6.92 Å². The number of alkyl halides is 2. The van der Waals surface area contributed by atoms with Gasteiger partial charge in [-0.1, -0.05) is 30.0 Å². The molecule has 0 unspecified atom stereocenters. The predicted molar refractivity (Wildman–Crippen MR) is 130 cm³/mol. The van der Waals surface area contributed by atoms with E-state index in [1.165, 1.54) is 12.1 Å². The molecule has 0 spiro atoms. The van der Waals surface area contributed by atoms with Crippen molar-refractivity contribution in [3.63, 3.8) is 0 Å². The maximum absolute atomic E-state index is 12.8. The Kier molecular flexibility index (Phi) is 7.28. The predicted octanol–water partition coefficient (Wildman–Crippen LogP) is 6.23. The van der Waals surface area contributed by atoms with Crippen molar-refractivity contribution in [2.75, 3.05) is 16.0 Å². The third-order valence-corrected chi connectivity index (χ3v) is 5.31. The number of hydrogen-bond acceptors (Lipinski definition) is 7. The van der Waals surface area contributed by atoms with Crippen molar-refractivity contribution >= 4 is 46.5 Å². The number of carbonyl (C=O) groups excluding carboxylic acids is 1. The second-order valence-electron chi connectivity index (χ2n) is 7.06. The number of aromatic nitrogens is 3. The molecule has 2 aromatic heterocycles. The highest BCUT2D eigenvalue weighted by Crippen LogP contribution is 2.29. The molecule has 3 N–H and O–H groups in total. The third-order valence-electron chi connectivity index (χ3n) is 4.52. The maximum atomic E-state index is 12.8. The van der Waals surface area contributed by atoms with Crippen molar-refractivity contribution in [3.8, 4) is 0 Å². The van der Waals surface area contributed by atoms with Crippen molar-refractivity contribution in [2.45, 2.75) is 17.6 Å². The molecule has 1 amide bonds. The first kappa shape index (κ1) is 23.1. The summed E-state index contributed by atoms with van der Waals surface area (Å²) in [6.07, 6.45) is 1.69. The normalized spacial score (nSPS) is 10.7. The lowest BCUT2D eigenvalue weighted by Gasteiger charge is -2.12. The first-order valence-corrected chi connectivity index (χ1v) is 11.1. The van der Waals surface area contributed by atoms with Gasteiger partial charge in [-0.25, -0.2) is 15.0 Å². The highest BCUT2D eigenvalue weighted by atomic mass is 32.2. The molecule has 2 aromatic carbocycles. The molecule has 0 aliphatic rings. The minimum atomic E-state index is -2.61. The number of hydrogen-bond donors (Lipinski definition) is 3. The van der Waals surface area contributed by atoms with E-state index in [1.54, 1.807) is 55.6 Å². The third kappa shape index (κ3) is 6.26. The van der Waals surface area contributed by atoms with Crippen LogP contribution < -0.4 is 16.0 Å². The van der Waals surface area contributed by atoms with Crippen molar-refractivity contribution < 1.29 is 13.6 Å². The standard InChI is InChI=1S/C24H20F2N6OS/c1-15-28-21(14-22(29-15)32-20-8-4-5-13-27-20)30-16-9-11-17(12-10-16)31-23(33)18-6-2-3-7-19(18)34-24(25)26/h2-14,24H,1H3,(H,31,33)(H2,27,28,29,30,32). The van der Waals surface area contributed by atoms with Crippen LogP contribution in [0.4, 0.5) is 37.6 Å². The van der Waals surface area contributed by atoms with E-state index < -0.39 is 11.7 Å². The first-order valence-electron chi connectivity index (χ1n) is 10.2. The zero-order valence-corrected chi connectivity index (χ0v) is 18.8. The summed E-state index contributed by atoms with van der Waals surface area (Å²) in [4.78, 5) is 25.8. The Balaban J connectivity index is 1.43. The molecule has 0 atom stereocenters. The molecule has 2 heterocycles. The van der Waals surface area contributed by atoms with Gasteiger partial charge in [0.15, 0.2) is 0 Å². The lowest BCUT2D eigenvalue weighted by molar-refractivity contribution is 0.102. The van der Waals surface area contributed by atoms with Crippen LogP contribution in [0.2, 0.25) is 0 Å². The maximum Gasteiger partial charge on any atom is 0.288 e. The van der Waals surface area contributed by atoms with Crippen LogP contribution in [-0.2, 0) is 0 Å². The monoisotopic (exact) mass is 478 g/mol. The van der Waals surface area contributed by atoms with Gasteiger partial charge in [-0.3, -0.25) is 4.79 Å². The van der Waals surface area contributed by atoms with Crippen LogP contribution in [0.1, 0.15) is 16.2 Å². The summed E-state index contributed by atoms with van der Waals surface area (Å²) in [5.41, 5.74) is 1.47. The summed E-state index contributed by atoms with van der Waals surface area (Å²) in [5.74, 6) is -0.642. The van der Waals surface area contributed by atoms with Crippen molar-refractivity contribution in [2.24, 2.45) is 0 Å². The van der Waals surface area contributed by atoms with Crippen LogP contribution in [0.15, 0.2) is 83.9 Å². The summed E-state index contributed by atoms with van der Waals surface area (Å²) in [7, 11) is 0. The Hall–Kier alpha value is -4.05. The number of anilines is 5. The zero-order chi connectivity index (χ0) is 23.9. The number of aryl methyl sites for hydroxylation is 1. The topological polar surface area (TPSA) is 91.8 Å². The molecule has 0 saturated heterocycles. The second-order valence-corrected chi connectivity index (χ2v) is 8.09. The molecular formula is C24H20F2N6OS. The van der Waals surface area contributed by atoms with Crippen LogP contribution in [0.3, 0.4) is 0 Å². The van der Waals surface area contributed by atoms with E-state index >= 15 is 0 Å². The zero-order valence-electron chi connectivity index (χ0n) is 18.0. The van der Waals surface area contributed by atoms with Crippen LogP contribution in [0.5, 0.6) is 0 Å². The summed E-state index contributed by atoms with van der Waals surface area (Å²) < 4.78 is 25.6. The van der Waals surface area contributed by atoms with Crippen molar-refractivity contribution in [1.82, 2.24) is 15.0 Å². The van der Waals surface area contributed by atoms with Gasteiger partial charge in [-0.05, 0) is 55.5 Å². The van der Waals surface area contributed by atoms with Gasteiger partial charge in [-0.2, -0.15) is 8.78 Å².